The van der Waals surface area contributed by atoms with Crippen molar-refractivity contribution >= 4 is 23.1 Å². The third-order valence-electron chi connectivity index (χ3n) is 1.22. The van der Waals surface area contributed by atoms with Crippen molar-refractivity contribution in [3.8, 4) is 5.75 Å². The first kappa shape index (κ1) is 9.57. The van der Waals surface area contributed by atoms with E-state index in [1.54, 1.807) is 36.0 Å². The Labute approximate surface area is 77.6 Å². The van der Waals surface area contributed by atoms with Crippen LogP contribution in [0, 0.1) is 0 Å². The molecule has 0 heterocycles. The number of benzene rings is 1. The van der Waals surface area contributed by atoms with Gasteiger partial charge in [-0.2, -0.15) is 0 Å². The fourth-order valence-corrected chi connectivity index (χ4v) is 1.39. The summed E-state index contributed by atoms with van der Waals surface area (Å²) in [5, 5.41) is 0. The third-order valence-corrected chi connectivity index (χ3v) is 2.30. The summed E-state index contributed by atoms with van der Waals surface area (Å²) in [5.74, 6) is 0.334. The Kier molecular flexibility index (Phi) is 3.58. The molecular formula is C7H7O3S2-. The Morgan fingerprint density at radius 2 is 2.00 bits per heavy atom. The average molecular weight is 203 g/mol. The highest BCUT2D eigenvalue weighted by Crippen LogP contribution is 2.19. The summed E-state index contributed by atoms with van der Waals surface area (Å²) in [6.07, 6.45) is 1.95. The predicted molar refractivity (Wildman–Crippen MR) is 47.8 cm³/mol. The number of hydrogen-bond acceptors (Lipinski definition) is 4. The Hall–Kier alpha value is -0.520. The second-order valence-corrected chi connectivity index (χ2v) is 3.42. The van der Waals surface area contributed by atoms with Crippen LogP contribution in [0.1, 0.15) is 0 Å². The zero-order chi connectivity index (χ0) is 8.97. The van der Waals surface area contributed by atoms with E-state index < -0.39 is 11.4 Å². The molecule has 1 rings (SSSR count). The molecule has 12 heavy (non-hydrogen) atoms. The monoisotopic (exact) mass is 203 g/mol. The van der Waals surface area contributed by atoms with Gasteiger partial charge in [0.25, 0.3) is 0 Å². The van der Waals surface area contributed by atoms with E-state index in [1.807, 2.05) is 6.26 Å². The highest BCUT2D eigenvalue weighted by Gasteiger charge is 1.93. The zero-order valence-corrected chi connectivity index (χ0v) is 7.98. The van der Waals surface area contributed by atoms with Gasteiger partial charge >= 0.3 is 0 Å². The molecule has 0 N–H and O–H groups in total. The Morgan fingerprint density at radius 1 is 1.42 bits per heavy atom. The average Bonchev–Trinajstić information content (AvgIpc) is 2.05. The van der Waals surface area contributed by atoms with Gasteiger partial charge in [-0.3, -0.25) is 0 Å². The van der Waals surface area contributed by atoms with E-state index in [9.17, 15) is 8.76 Å². The van der Waals surface area contributed by atoms with E-state index in [-0.39, 0.29) is 0 Å². The minimum absolute atomic E-state index is 0.334. The van der Waals surface area contributed by atoms with Crippen LogP contribution >= 0.6 is 11.8 Å². The molecule has 0 saturated carbocycles. The molecule has 1 aromatic rings. The van der Waals surface area contributed by atoms with E-state index in [0.717, 1.165) is 4.90 Å². The molecule has 0 aliphatic carbocycles. The van der Waals surface area contributed by atoms with Crippen molar-refractivity contribution in [1.29, 1.82) is 0 Å². The van der Waals surface area contributed by atoms with Crippen molar-refractivity contribution in [2.45, 2.75) is 4.90 Å². The topological polar surface area (TPSA) is 49.4 Å². The van der Waals surface area contributed by atoms with Crippen LogP contribution in [0.5, 0.6) is 5.75 Å². The van der Waals surface area contributed by atoms with Crippen LogP contribution < -0.4 is 4.18 Å². The molecule has 3 nitrogen and oxygen atoms in total. The van der Waals surface area contributed by atoms with Gasteiger partial charge in [0.1, 0.15) is 17.1 Å². The predicted octanol–water partition coefficient (Wildman–Crippen LogP) is 1.58. The molecule has 1 aromatic carbocycles. The fourth-order valence-electron chi connectivity index (χ4n) is 0.710. The van der Waals surface area contributed by atoms with Gasteiger partial charge in [-0.05, 0) is 30.5 Å². The Morgan fingerprint density at radius 3 is 2.42 bits per heavy atom. The van der Waals surface area contributed by atoms with Crippen LogP contribution in [0.2, 0.25) is 0 Å². The van der Waals surface area contributed by atoms with Crippen molar-refractivity contribution in [2.24, 2.45) is 0 Å². The maximum atomic E-state index is 10.1. The first-order valence-electron chi connectivity index (χ1n) is 3.14. The Balaban J connectivity index is 2.71. The van der Waals surface area contributed by atoms with Crippen LogP contribution in [0.15, 0.2) is 29.2 Å². The smallest absolute Gasteiger partial charge is 0.139 e. The summed E-state index contributed by atoms with van der Waals surface area (Å²) in [6, 6.07) is 6.82. The highest BCUT2D eigenvalue weighted by molar-refractivity contribution is 7.98. The lowest BCUT2D eigenvalue weighted by molar-refractivity contribution is 0.440. The van der Waals surface area contributed by atoms with Crippen LogP contribution in [0.25, 0.3) is 0 Å². The first-order chi connectivity index (χ1) is 5.72. The summed E-state index contributed by atoms with van der Waals surface area (Å²) in [4.78, 5) is 1.07. The van der Waals surface area contributed by atoms with Gasteiger partial charge in [0.05, 0.1) is 0 Å². The summed E-state index contributed by atoms with van der Waals surface area (Å²) in [7, 11) is 0. The molecule has 0 radical (unpaired) electrons. The lowest BCUT2D eigenvalue weighted by Crippen LogP contribution is -1.97. The molecular weight excluding hydrogens is 196 g/mol. The molecule has 1 unspecified atom stereocenters. The second-order valence-electron chi connectivity index (χ2n) is 1.96. The fraction of sp³-hybridized carbons (Fsp3) is 0.143. The van der Waals surface area contributed by atoms with E-state index in [2.05, 4.69) is 4.18 Å². The molecule has 0 spiro atoms. The van der Waals surface area contributed by atoms with Crippen LogP contribution in [0.3, 0.4) is 0 Å². The van der Waals surface area contributed by atoms with E-state index >= 15 is 0 Å². The number of rotatable bonds is 3. The summed E-state index contributed by atoms with van der Waals surface area (Å²) >= 11 is -0.895. The van der Waals surface area contributed by atoms with Crippen LogP contribution in [-0.2, 0) is 11.4 Å². The summed E-state index contributed by atoms with van der Waals surface area (Å²) in [6.45, 7) is 0. The van der Waals surface area contributed by atoms with Crippen LogP contribution in [-0.4, -0.2) is 15.0 Å². The molecule has 5 heteroatoms. The largest absolute Gasteiger partial charge is 0.740 e. The minimum atomic E-state index is -2.48. The SMILES string of the molecule is CSc1ccc(OS(=O)[O-])cc1. The van der Waals surface area contributed by atoms with Gasteiger partial charge in [0.2, 0.25) is 0 Å². The lowest BCUT2D eigenvalue weighted by atomic mass is 10.3. The number of thioether (sulfide) groups is 1. The van der Waals surface area contributed by atoms with Gasteiger partial charge < -0.3 is 8.74 Å². The van der Waals surface area contributed by atoms with Crippen LogP contribution in [0.4, 0.5) is 0 Å². The van der Waals surface area contributed by atoms with Gasteiger partial charge in [-0.1, -0.05) is 0 Å². The molecule has 0 aliphatic heterocycles. The van der Waals surface area contributed by atoms with Crippen molar-refractivity contribution < 1.29 is 12.9 Å². The third kappa shape index (κ3) is 2.84. The maximum absolute atomic E-state index is 10.1. The first-order valence-corrected chi connectivity index (χ1v) is 5.36. The van der Waals surface area contributed by atoms with E-state index in [0.29, 0.717) is 5.75 Å². The lowest BCUT2D eigenvalue weighted by Gasteiger charge is -2.06. The molecule has 0 bridgehead atoms. The molecule has 0 fully saturated rings. The molecule has 0 aromatic heterocycles. The van der Waals surface area contributed by atoms with E-state index in [1.165, 1.54) is 0 Å². The molecule has 66 valence electrons. The normalized spacial score (nSPS) is 12.5. The van der Waals surface area contributed by atoms with Gasteiger partial charge in [0.15, 0.2) is 0 Å². The number of hydrogen-bond donors (Lipinski definition) is 0. The van der Waals surface area contributed by atoms with Gasteiger partial charge in [-0.25, -0.2) is 4.21 Å². The van der Waals surface area contributed by atoms with E-state index in [4.69, 9.17) is 0 Å². The maximum Gasteiger partial charge on any atom is 0.139 e. The van der Waals surface area contributed by atoms with Crippen molar-refractivity contribution in [1.82, 2.24) is 0 Å². The Bertz CT molecular complexity index is 270. The zero-order valence-electron chi connectivity index (χ0n) is 6.35. The quantitative estimate of drug-likeness (QED) is 0.553. The van der Waals surface area contributed by atoms with Crippen molar-refractivity contribution in [3.63, 3.8) is 0 Å². The molecule has 1 atom stereocenters. The standard InChI is InChI=1S/C7H8O3S2/c1-11-7-4-2-6(3-5-7)10-12(8)9/h2-5H,1H3,(H,8,9)/p-1. The van der Waals surface area contributed by atoms with Gasteiger partial charge in [-0.15, -0.1) is 11.8 Å². The second kappa shape index (κ2) is 4.49. The minimum Gasteiger partial charge on any atom is -0.740 e. The molecule has 0 amide bonds. The summed E-state index contributed by atoms with van der Waals surface area (Å²) < 4.78 is 24.6. The molecule has 0 saturated heterocycles. The van der Waals surface area contributed by atoms with Crippen molar-refractivity contribution in [2.75, 3.05) is 6.26 Å². The van der Waals surface area contributed by atoms with Gasteiger partial charge in [0, 0.05) is 4.90 Å². The summed E-state index contributed by atoms with van der Waals surface area (Å²) in [5.41, 5.74) is 0. The molecule has 0 aliphatic rings. The highest BCUT2D eigenvalue weighted by atomic mass is 32.2. The van der Waals surface area contributed by atoms with Crippen molar-refractivity contribution in [3.05, 3.63) is 24.3 Å².